The number of aliphatic hydroxyl groups excluding tert-OH is 1. The van der Waals surface area contributed by atoms with Crippen LogP contribution in [0.2, 0.25) is 0 Å². The molecule has 158 valence electrons. The van der Waals surface area contributed by atoms with Crippen molar-refractivity contribution >= 4 is 28.9 Å². The summed E-state index contributed by atoms with van der Waals surface area (Å²) in [4.78, 5) is 2.08. The zero-order chi connectivity index (χ0) is 21.5. The van der Waals surface area contributed by atoms with E-state index in [1.807, 2.05) is 7.05 Å². The van der Waals surface area contributed by atoms with Crippen LogP contribution in [0.25, 0.3) is 0 Å². The molecule has 0 aromatic heterocycles. The van der Waals surface area contributed by atoms with Gasteiger partial charge in [0.15, 0.2) is 0 Å². The molecule has 0 aliphatic rings. The second kappa shape index (κ2) is 9.92. The molecule has 2 nitrogen and oxygen atoms in total. The fourth-order valence-corrected chi connectivity index (χ4v) is 9.17. The third-order valence-corrected chi connectivity index (χ3v) is 11.0. The van der Waals surface area contributed by atoms with Gasteiger partial charge in [0.25, 0.3) is 0 Å². The molecular weight excluding hydrogens is 397 g/mol. The van der Waals surface area contributed by atoms with E-state index in [-0.39, 0.29) is 6.61 Å². The van der Waals surface area contributed by atoms with Gasteiger partial charge in [0.1, 0.15) is 0 Å². The van der Waals surface area contributed by atoms with E-state index in [9.17, 15) is 5.11 Å². The molecule has 0 saturated carbocycles. The average molecular weight is 428 g/mol. The Kier molecular flexibility index (Phi) is 6.82. The van der Waals surface area contributed by atoms with Gasteiger partial charge < -0.3 is 0 Å². The molecule has 0 amide bonds. The van der Waals surface area contributed by atoms with Crippen LogP contribution in [0.3, 0.4) is 0 Å². The second-order valence-electron chi connectivity index (χ2n) is 7.99. The Labute approximate surface area is 186 Å². The quantitative estimate of drug-likeness (QED) is 0.423. The number of aliphatic hydroxyl groups is 1. The summed E-state index contributed by atoms with van der Waals surface area (Å²) in [5, 5.41) is 13.5. The van der Waals surface area contributed by atoms with E-state index in [0.717, 1.165) is 11.8 Å². The van der Waals surface area contributed by atoms with Crippen molar-refractivity contribution in [3.63, 3.8) is 0 Å². The van der Waals surface area contributed by atoms with E-state index in [1.54, 1.807) is 0 Å². The first-order chi connectivity index (χ1) is 15.2. The summed E-state index contributed by atoms with van der Waals surface area (Å²) in [5.74, 6) is 0. The second-order valence-corrected chi connectivity index (χ2v) is 11.9. The first-order valence-corrected chi connectivity index (χ1v) is 13.0. The Balaban J connectivity index is 1.85. The van der Waals surface area contributed by atoms with Gasteiger partial charge in [-0.15, -0.1) is 0 Å². The van der Waals surface area contributed by atoms with Crippen LogP contribution in [0, 0.1) is 0 Å². The number of nitrogens with zero attached hydrogens (tertiary/aromatic N) is 1. The number of hydrogen-bond acceptors (Lipinski definition) is 2. The number of anilines is 1. The summed E-state index contributed by atoms with van der Waals surface area (Å²) in [6, 6.07) is 41.9. The molecule has 0 radical (unpaired) electrons. The van der Waals surface area contributed by atoms with Gasteiger partial charge in [-0.3, -0.25) is 0 Å². The van der Waals surface area contributed by atoms with Gasteiger partial charge in [0.2, 0.25) is 0 Å². The van der Waals surface area contributed by atoms with E-state index >= 15 is 0 Å². The summed E-state index contributed by atoms with van der Waals surface area (Å²) in [7, 11) is -0.262. The molecule has 4 rings (SSSR count). The topological polar surface area (TPSA) is 23.5 Å². The van der Waals surface area contributed by atoms with Gasteiger partial charge in [0, 0.05) is 0 Å². The van der Waals surface area contributed by atoms with Crippen LogP contribution in [-0.4, -0.2) is 25.3 Å². The molecule has 4 aromatic rings. The summed E-state index contributed by atoms with van der Waals surface area (Å²) in [6.45, 7) is 0.792. The van der Waals surface area contributed by atoms with E-state index in [0.29, 0.717) is 6.54 Å². The summed E-state index contributed by atoms with van der Waals surface area (Å²) in [6.07, 6.45) is 0.995. The average Bonchev–Trinajstić information content (AvgIpc) is 2.85. The first-order valence-electron chi connectivity index (χ1n) is 10.8. The van der Waals surface area contributed by atoms with Crippen LogP contribution in [0.1, 0.15) is 5.56 Å². The van der Waals surface area contributed by atoms with E-state index in [4.69, 9.17) is 0 Å². The van der Waals surface area contributed by atoms with Gasteiger partial charge in [0.05, 0.1) is 0 Å². The molecule has 3 heteroatoms. The number of likely N-dealkylation sites (N-methyl/N-ethyl adjacent to an activating group) is 1. The van der Waals surface area contributed by atoms with Crippen molar-refractivity contribution in [3.8, 4) is 0 Å². The summed E-state index contributed by atoms with van der Waals surface area (Å²) < 4.78 is 0. The Morgan fingerprint density at radius 3 is 1.42 bits per heavy atom. The van der Waals surface area contributed by atoms with Gasteiger partial charge in [-0.05, 0) is 0 Å². The Hall–Kier alpha value is -2.93. The van der Waals surface area contributed by atoms with Gasteiger partial charge >= 0.3 is 186 Å². The predicted octanol–water partition coefficient (Wildman–Crippen LogP) is 4.34. The molecule has 1 N–H and O–H groups in total. The Morgan fingerprint density at radius 1 is 0.613 bits per heavy atom. The van der Waals surface area contributed by atoms with Crippen LogP contribution in [0.4, 0.5) is 5.69 Å². The first kappa shape index (κ1) is 21.3. The third kappa shape index (κ3) is 4.56. The monoisotopic (exact) mass is 427 g/mol. The molecule has 0 heterocycles. The summed E-state index contributed by atoms with van der Waals surface area (Å²) in [5.41, 5.74) is 2.47. The molecule has 0 saturated heterocycles. The van der Waals surface area contributed by atoms with Crippen molar-refractivity contribution in [2.45, 2.75) is 6.16 Å². The molecule has 0 aliphatic heterocycles. The zero-order valence-corrected chi connectivity index (χ0v) is 19.0. The minimum absolute atomic E-state index is 0.157. The van der Waals surface area contributed by atoms with Crippen molar-refractivity contribution in [2.24, 2.45) is 0 Å². The molecule has 0 atom stereocenters. The number of benzene rings is 4. The Bertz CT molecular complexity index is 970. The fourth-order valence-electron chi connectivity index (χ4n) is 4.43. The van der Waals surface area contributed by atoms with E-state index in [2.05, 4.69) is 120 Å². The van der Waals surface area contributed by atoms with E-state index < -0.39 is 7.26 Å². The van der Waals surface area contributed by atoms with Gasteiger partial charge in [-0.2, -0.15) is 0 Å². The maximum absolute atomic E-state index is 9.25. The number of hydrogen-bond donors (Lipinski definition) is 1. The van der Waals surface area contributed by atoms with Crippen molar-refractivity contribution in [1.29, 1.82) is 0 Å². The maximum atomic E-state index is 9.25. The predicted molar refractivity (Wildman–Crippen MR) is 137 cm³/mol. The molecule has 0 fully saturated rings. The molecule has 0 spiro atoms. The molecule has 0 aliphatic carbocycles. The van der Waals surface area contributed by atoms with Crippen LogP contribution in [-0.2, 0) is 6.16 Å². The third-order valence-electron chi connectivity index (χ3n) is 6.08. The van der Waals surface area contributed by atoms with Gasteiger partial charge in [-0.1, -0.05) is 0 Å². The molecule has 4 aromatic carbocycles. The van der Waals surface area contributed by atoms with Crippen molar-refractivity contribution < 1.29 is 5.11 Å². The standard InChI is InChI=1S/C28H30NOP/c1-29(21-22-30)25-19-17-24(18-20-25)23-31(26-11-5-2-6-12-26,27-13-7-3-8-14-27)28-15-9-4-10-16-28/h2-20,30-31H,21-23H2,1H3. The molecule has 31 heavy (non-hydrogen) atoms. The molecule has 0 bridgehead atoms. The normalized spacial score (nSPS) is 11.8. The zero-order valence-electron chi connectivity index (χ0n) is 18.0. The Morgan fingerprint density at radius 2 is 1.03 bits per heavy atom. The van der Waals surface area contributed by atoms with Crippen LogP contribution < -0.4 is 20.8 Å². The fraction of sp³-hybridized carbons (Fsp3) is 0.143. The van der Waals surface area contributed by atoms with Crippen molar-refractivity contribution in [1.82, 2.24) is 0 Å². The molecule has 0 unspecified atom stereocenters. The van der Waals surface area contributed by atoms with Crippen molar-refractivity contribution in [3.05, 3.63) is 121 Å². The van der Waals surface area contributed by atoms with Gasteiger partial charge in [-0.25, -0.2) is 0 Å². The minimum atomic E-state index is -2.28. The summed E-state index contributed by atoms with van der Waals surface area (Å²) >= 11 is 0. The van der Waals surface area contributed by atoms with Crippen LogP contribution in [0.5, 0.6) is 0 Å². The van der Waals surface area contributed by atoms with Crippen LogP contribution in [0.15, 0.2) is 115 Å². The van der Waals surface area contributed by atoms with Crippen LogP contribution >= 0.6 is 7.26 Å². The SMILES string of the molecule is CN(CCO)c1ccc(C[PH](c2ccccc2)(c2ccccc2)c2ccccc2)cc1. The molecular formula is C28H30NOP. The van der Waals surface area contributed by atoms with E-state index in [1.165, 1.54) is 21.5 Å². The van der Waals surface area contributed by atoms with Crippen molar-refractivity contribution in [2.75, 3.05) is 25.1 Å². The number of rotatable bonds is 8.